The van der Waals surface area contributed by atoms with Gasteiger partial charge in [0, 0.05) is 23.1 Å². The number of nitrogen functional groups attached to an aromatic ring is 1. The molecule has 0 aliphatic heterocycles. The van der Waals surface area contributed by atoms with Crippen LogP contribution in [0.1, 0.15) is 11.3 Å². The lowest BCUT2D eigenvalue weighted by molar-refractivity contribution is 1.11. The van der Waals surface area contributed by atoms with Crippen LogP contribution >= 0.6 is 23.7 Å². The molecule has 0 amide bonds. The number of hydrogen-bond acceptors (Lipinski definition) is 3. The van der Waals surface area contributed by atoms with E-state index in [0.717, 1.165) is 28.4 Å². The Hall–Kier alpha value is -1.84. The second-order valence-corrected chi connectivity index (χ2v) is 5.29. The molecule has 0 bridgehead atoms. The molecule has 3 aromatic rings. The summed E-state index contributed by atoms with van der Waals surface area (Å²) in [5.41, 5.74) is 10.1. The minimum Gasteiger partial charge on any atom is -0.399 e. The first-order valence-corrected chi connectivity index (χ1v) is 7.03. The van der Waals surface area contributed by atoms with E-state index in [1.807, 2.05) is 30.3 Å². The van der Waals surface area contributed by atoms with Crippen LogP contribution in [0.4, 0.5) is 5.69 Å². The molecule has 0 saturated heterocycles. The van der Waals surface area contributed by atoms with E-state index >= 15 is 0 Å². The van der Waals surface area contributed by atoms with E-state index in [1.165, 1.54) is 5.56 Å². The van der Waals surface area contributed by atoms with Crippen LogP contribution in [0.3, 0.4) is 0 Å². The van der Waals surface area contributed by atoms with Crippen molar-refractivity contribution in [2.24, 2.45) is 0 Å². The van der Waals surface area contributed by atoms with Crippen molar-refractivity contribution < 1.29 is 0 Å². The summed E-state index contributed by atoms with van der Waals surface area (Å²) in [7, 11) is 0. The summed E-state index contributed by atoms with van der Waals surface area (Å²) < 4.78 is 0. The third-order valence-electron chi connectivity index (χ3n) is 2.91. The summed E-state index contributed by atoms with van der Waals surface area (Å²) in [6.07, 6.45) is 0.875. The molecule has 2 nitrogen and oxygen atoms in total. The van der Waals surface area contributed by atoms with E-state index in [-0.39, 0.29) is 12.4 Å². The van der Waals surface area contributed by atoms with Gasteiger partial charge in [-0.1, -0.05) is 42.5 Å². The van der Waals surface area contributed by atoms with Crippen molar-refractivity contribution in [1.82, 2.24) is 4.98 Å². The molecule has 0 aliphatic rings. The zero-order valence-electron chi connectivity index (χ0n) is 10.8. The Morgan fingerprint density at radius 2 is 1.80 bits per heavy atom. The molecular weight excluding hydrogens is 288 g/mol. The number of halogens is 1. The average molecular weight is 303 g/mol. The zero-order valence-corrected chi connectivity index (χ0v) is 12.5. The largest absolute Gasteiger partial charge is 0.399 e. The van der Waals surface area contributed by atoms with Crippen LogP contribution in [0.2, 0.25) is 0 Å². The van der Waals surface area contributed by atoms with E-state index in [2.05, 4.69) is 34.6 Å². The Morgan fingerprint density at radius 1 is 1.00 bits per heavy atom. The van der Waals surface area contributed by atoms with E-state index in [0.29, 0.717) is 0 Å². The van der Waals surface area contributed by atoms with Crippen LogP contribution in [0.25, 0.3) is 10.6 Å². The number of benzene rings is 2. The SMILES string of the molecule is Cl.Nc1cccc(-c2nc(Cc3ccccc3)cs2)c1. The fourth-order valence-corrected chi connectivity index (χ4v) is 2.81. The molecule has 0 fully saturated rings. The molecule has 102 valence electrons. The van der Waals surface area contributed by atoms with Crippen LogP contribution in [-0.4, -0.2) is 4.98 Å². The van der Waals surface area contributed by atoms with Gasteiger partial charge >= 0.3 is 0 Å². The third-order valence-corrected chi connectivity index (χ3v) is 3.85. The Balaban J connectivity index is 0.00000147. The number of nitrogens with two attached hydrogens (primary N) is 1. The van der Waals surface area contributed by atoms with Crippen molar-refractivity contribution in [3.05, 3.63) is 71.2 Å². The number of thiazole rings is 1. The smallest absolute Gasteiger partial charge is 0.123 e. The van der Waals surface area contributed by atoms with E-state index in [4.69, 9.17) is 5.73 Å². The number of aromatic nitrogens is 1. The van der Waals surface area contributed by atoms with Crippen molar-refractivity contribution in [3.8, 4) is 10.6 Å². The molecule has 0 aliphatic carbocycles. The first-order chi connectivity index (χ1) is 9.31. The molecule has 4 heteroatoms. The molecular formula is C16H15ClN2S. The molecule has 2 aromatic carbocycles. The summed E-state index contributed by atoms with van der Waals surface area (Å²) in [5, 5.41) is 3.14. The lowest BCUT2D eigenvalue weighted by atomic mass is 10.1. The van der Waals surface area contributed by atoms with Crippen molar-refractivity contribution in [2.45, 2.75) is 6.42 Å². The topological polar surface area (TPSA) is 38.9 Å². The summed E-state index contributed by atoms with van der Waals surface area (Å²) >= 11 is 1.66. The maximum atomic E-state index is 5.80. The molecule has 1 heterocycles. The van der Waals surface area contributed by atoms with E-state index < -0.39 is 0 Å². The molecule has 20 heavy (non-hydrogen) atoms. The fraction of sp³-hybridized carbons (Fsp3) is 0.0625. The zero-order chi connectivity index (χ0) is 13.1. The lowest BCUT2D eigenvalue weighted by Gasteiger charge is -1.98. The van der Waals surface area contributed by atoms with Crippen LogP contribution in [-0.2, 0) is 6.42 Å². The highest BCUT2D eigenvalue weighted by Crippen LogP contribution is 2.26. The van der Waals surface area contributed by atoms with Gasteiger partial charge in [-0.25, -0.2) is 4.98 Å². The van der Waals surface area contributed by atoms with Crippen molar-refractivity contribution in [2.75, 3.05) is 5.73 Å². The molecule has 3 rings (SSSR count). The first-order valence-electron chi connectivity index (χ1n) is 6.15. The van der Waals surface area contributed by atoms with Gasteiger partial charge in [0.05, 0.1) is 5.69 Å². The van der Waals surface area contributed by atoms with Gasteiger partial charge in [-0.3, -0.25) is 0 Å². The Morgan fingerprint density at radius 3 is 2.55 bits per heavy atom. The normalized spacial score (nSPS) is 10.0. The minimum absolute atomic E-state index is 0. The summed E-state index contributed by atoms with van der Waals surface area (Å²) in [4.78, 5) is 4.68. The van der Waals surface area contributed by atoms with Crippen LogP contribution < -0.4 is 5.73 Å². The lowest BCUT2D eigenvalue weighted by Crippen LogP contribution is -1.88. The predicted molar refractivity (Wildman–Crippen MR) is 88.5 cm³/mol. The van der Waals surface area contributed by atoms with Gasteiger partial charge in [-0.2, -0.15) is 0 Å². The van der Waals surface area contributed by atoms with Crippen molar-refractivity contribution in [3.63, 3.8) is 0 Å². The number of rotatable bonds is 3. The second-order valence-electron chi connectivity index (χ2n) is 4.43. The third kappa shape index (κ3) is 3.38. The van der Waals surface area contributed by atoms with Crippen molar-refractivity contribution >= 4 is 29.4 Å². The molecule has 1 aromatic heterocycles. The summed E-state index contributed by atoms with van der Waals surface area (Å²) in [5.74, 6) is 0. The Bertz CT molecular complexity index is 680. The van der Waals surface area contributed by atoms with Gasteiger partial charge in [0.25, 0.3) is 0 Å². The Kier molecular flexibility index (Phi) is 4.77. The maximum Gasteiger partial charge on any atom is 0.123 e. The molecule has 0 spiro atoms. The number of hydrogen-bond donors (Lipinski definition) is 1. The molecule has 0 radical (unpaired) electrons. The monoisotopic (exact) mass is 302 g/mol. The van der Waals surface area contributed by atoms with Crippen LogP contribution in [0.5, 0.6) is 0 Å². The maximum absolute atomic E-state index is 5.80. The van der Waals surface area contributed by atoms with Crippen LogP contribution in [0, 0.1) is 0 Å². The number of nitrogens with zero attached hydrogens (tertiary/aromatic N) is 1. The highest BCUT2D eigenvalue weighted by atomic mass is 35.5. The first kappa shape index (κ1) is 14.6. The van der Waals surface area contributed by atoms with Crippen molar-refractivity contribution in [1.29, 1.82) is 0 Å². The van der Waals surface area contributed by atoms with Crippen LogP contribution in [0.15, 0.2) is 60.0 Å². The summed E-state index contributed by atoms with van der Waals surface area (Å²) in [6, 6.07) is 18.3. The average Bonchev–Trinajstić information content (AvgIpc) is 2.88. The highest BCUT2D eigenvalue weighted by molar-refractivity contribution is 7.13. The van der Waals surface area contributed by atoms with Gasteiger partial charge in [0.2, 0.25) is 0 Å². The highest BCUT2D eigenvalue weighted by Gasteiger charge is 2.05. The minimum atomic E-state index is 0. The van der Waals surface area contributed by atoms with Gasteiger partial charge in [0.1, 0.15) is 5.01 Å². The van der Waals surface area contributed by atoms with Gasteiger partial charge in [-0.05, 0) is 17.7 Å². The molecule has 0 atom stereocenters. The van der Waals surface area contributed by atoms with Gasteiger partial charge in [0.15, 0.2) is 0 Å². The van der Waals surface area contributed by atoms with E-state index in [1.54, 1.807) is 11.3 Å². The fourth-order valence-electron chi connectivity index (χ4n) is 2.00. The predicted octanol–water partition coefficient (Wildman–Crippen LogP) is 4.40. The van der Waals surface area contributed by atoms with E-state index in [9.17, 15) is 0 Å². The molecule has 0 unspecified atom stereocenters. The quantitative estimate of drug-likeness (QED) is 0.728. The van der Waals surface area contributed by atoms with Gasteiger partial charge < -0.3 is 5.73 Å². The Labute approximate surface area is 128 Å². The standard InChI is InChI=1S/C16H14N2S.ClH/c17-14-8-4-7-13(10-14)16-18-15(11-19-16)9-12-5-2-1-3-6-12;/h1-8,10-11H,9,17H2;1H. The summed E-state index contributed by atoms with van der Waals surface area (Å²) in [6.45, 7) is 0. The molecule has 0 saturated carbocycles. The van der Waals surface area contributed by atoms with Gasteiger partial charge in [-0.15, -0.1) is 23.7 Å². The molecule has 2 N–H and O–H groups in total. The number of anilines is 1. The second kappa shape index (κ2) is 6.55.